The van der Waals surface area contributed by atoms with Crippen molar-refractivity contribution in [2.75, 3.05) is 5.32 Å². The van der Waals surface area contributed by atoms with Crippen LogP contribution in [0.2, 0.25) is 5.02 Å². The third kappa shape index (κ3) is 3.29. The lowest BCUT2D eigenvalue weighted by Crippen LogP contribution is -2.16. The van der Waals surface area contributed by atoms with Crippen LogP contribution in [0.5, 0.6) is 0 Å². The van der Waals surface area contributed by atoms with Gasteiger partial charge in [0.1, 0.15) is 0 Å². The maximum Gasteiger partial charge on any atom is 0.257 e. The molecule has 0 aliphatic carbocycles. The fourth-order valence-electron chi connectivity index (χ4n) is 1.72. The molecule has 7 heteroatoms. The molecule has 1 heterocycles. The Morgan fingerprint density at radius 2 is 2.19 bits per heavy atom. The minimum atomic E-state index is -0.359. The second-order valence-corrected chi connectivity index (χ2v) is 4.73. The van der Waals surface area contributed by atoms with Gasteiger partial charge in [-0.1, -0.05) is 28.9 Å². The summed E-state index contributed by atoms with van der Waals surface area (Å²) in [4.78, 5) is 16.0. The van der Waals surface area contributed by atoms with Crippen molar-refractivity contribution >= 4 is 29.0 Å². The number of amides is 1. The quantitative estimate of drug-likeness (QED) is 0.351. The molecular formula is C14H13ClN4O2. The van der Waals surface area contributed by atoms with E-state index in [0.29, 0.717) is 16.8 Å². The molecule has 2 aromatic rings. The van der Waals surface area contributed by atoms with Gasteiger partial charge in [0.2, 0.25) is 0 Å². The van der Waals surface area contributed by atoms with Crippen LogP contribution in [0.3, 0.4) is 0 Å². The number of carbonyl (C=O) groups excluding carboxylic acids is 1. The van der Waals surface area contributed by atoms with E-state index in [9.17, 15) is 4.79 Å². The third-order valence-corrected chi connectivity index (χ3v) is 3.21. The first-order valence-corrected chi connectivity index (χ1v) is 6.40. The molecule has 1 aromatic carbocycles. The molecule has 0 aliphatic rings. The lowest BCUT2D eigenvalue weighted by Gasteiger charge is -2.11. The Bertz CT molecular complexity index is 716. The van der Waals surface area contributed by atoms with E-state index in [4.69, 9.17) is 22.5 Å². The van der Waals surface area contributed by atoms with Gasteiger partial charge in [-0.2, -0.15) is 0 Å². The van der Waals surface area contributed by atoms with Gasteiger partial charge in [-0.25, -0.2) is 0 Å². The Morgan fingerprint density at radius 3 is 2.86 bits per heavy atom. The Morgan fingerprint density at radius 1 is 1.43 bits per heavy atom. The van der Waals surface area contributed by atoms with Crippen LogP contribution in [-0.2, 0) is 0 Å². The minimum absolute atomic E-state index is 0.0348. The number of pyridine rings is 1. The molecule has 0 saturated heterocycles. The van der Waals surface area contributed by atoms with Gasteiger partial charge in [0.05, 0.1) is 10.6 Å². The molecule has 6 nitrogen and oxygen atoms in total. The Kier molecular flexibility index (Phi) is 4.39. The Labute approximate surface area is 126 Å². The number of hydrogen-bond donors (Lipinski definition) is 3. The molecule has 0 spiro atoms. The van der Waals surface area contributed by atoms with E-state index in [1.807, 2.05) is 6.92 Å². The van der Waals surface area contributed by atoms with Gasteiger partial charge in [-0.15, -0.1) is 0 Å². The molecule has 1 amide bonds. The van der Waals surface area contributed by atoms with Crippen LogP contribution in [0, 0.1) is 6.92 Å². The van der Waals surface area contributed by atoms with Crippen molar-refractivity contribution in [3.05, 3.63) is 58.4 Å². The van der Waals surface area contributed by atoms with Crippen molar-refractivity contribution in [2.24, 2.45) is 10.9 Å². The van der Waals surface area contributed by atoms with Crippen molar-refractivity contribution in [2.45, 2.75) is 6.92 Å². The number of halogens is 1. The molecular weight excluding hydrogens is 292 g/mol. The first-order chi connectivity index (χ1) is 10.0. The van der Waals surface area contributed by atoms with Crippen LogP contribution in [0.4, 0.5) is 5.69 Å². The summed E-state index contributed by atoms with van der Waals surface area (Å²) in [5.74, 6) is -0.394. The SMILES string of the molecule is Cc1ccc(C(N)=NO)cc1NC(=O)c1ccncc1Cl. The molecule has 108 valence electrons. The topological polar surface area (TPSA) is 101 Å². The summed E-state index contributed by atoms with van der Waals surface area (Å²) in [6, 6.07) is 6.61. The average Bonchev–Trinajstić information content (AvgIpc) is 2.49. The van der Waals surface area contributed by atoms with Crippen LogP contribution < -0.4 is 11.1 Å². The van der Waals surface area contributed by atoms with E-state index >= 15 is 0 Å². The number of anilines is 1. The van der Waals surface area contributed by atoms with E-state index in [-0.39, 0.29) is 16.8 Å². The third-order valence-electron chi connectivity index (χ3n) is 2.91. The van der Waals surface area contributed by atoms with Gasteiger partial charge in [0.15, 0.2) is 5.84 Å². The molecule has 0 unspecified atom stereocenters. The fourth-order valence-corrected chi connectivity index (χ4v) is 1.93. The van der Waals surface area contributed by atoms with E-state index in [1.165, 1.54) is 18.5 Å². The summed E-state index contributed by atoms with van der Waals surface area (Å²) in [6.07, 6.45) is 2.89. The van der Waals surface area contributed by atoms with Crippen LogP contribution >= 0.6 is 11.6 Å². The molecule has 2 rings (SSSR count). The molecule has 4 N–H and O–H groups in total. The molecule has 21 heavy (non-hydrogen) atoms. The fraction of sp³-hybridized carbons (Fsp3) is 0.0714. The van der Waals surface area contributed by atoms with Crippen molar-refractivity contribution in [1.82, 2.24) is 4.98 Å². The number of hydrogen-bond acceptors (Lipinski definition) is 4. The Balaban J connectivity index is 2.31. The highest BCUT2D eigenvalue weighted by Gasteiger charge is 2.12. The number of nitrogens with zero attached hydrogens (tertiary/aromatic N) is 2. The van der Waals surface area contributed by atoms with Crippen molar-refractivity contribution in [3.63, 3.8) is 0 Å². The van der Waals surface area contributed by atoms with Crippen LogP contribution in [0.1, 0.15) is 21.5 Å². The van der Waals surface area contributed by atoms with Crippen LogP contribution in [-0.4, -0.2) is 21.9 Å². The summed E-state index contributed by atoms with van der Waals surface area (Å²) in [5, 5.41) is 14.6. The van der Waals surface area contributed by atoms with Crippen molar-refractivity contribution in [1.29, 1.82) is 0 Å². The lowest BCUT2D eigenvalue weighted by molar-refractivity contribution is 0.102. The molecule has 0 atom stereocenters. The smallest absolute Gasteiger partial charge is 0.257 e. The zero-order valence-electron chi connectivity index (χ0n) is 11.2. The zero-order chi connectivity index (χ0) is 15.4. The first kappa shape index (κ1) is 14.8. The standard InChI is InChI=1S/C14H13ClN4O2/c1-8-2-3-9(13(16)19-21)6-12(8)18-14(20)10-4-5-17-7-11(10)15/h2-7,21H,1H3,(H2,16,19)(H,18,20). The number of amidine groups is 1. The molecule has 0 bridgehead atoms. The highest BCUT2D eigenvalue weighted by Crippen LogP contribution is 2.20. The summed E-state index contributed by atoms with van der Waals surface area (Å²) >= 11 is 5.93. The highest BCUT2D eigenvalue weighted by molar-refractivity contribution is 6.34. The normalized spacial score (nSPS) is 11.2. The molecule has 0 aliphatic heterocycles. The number of carbonyl (C=O) groups is 1. The van der Waals surface area contributed by atoms with E-state index in [0.717, 1.165) is 5.56 Å². The highest BCUT2D eigenvalue weighted by atomic mass is 35.5. The lowest BCUT2D eigenvalue weighted by atomic mass is 10.1. The predicted octanol–water partition coefficient (Wildman–Crippen LogP) is 2.39. The van der Waals surface area contributed by atoms with Gasteiger partial charge in [0.25, 0.3) is 5.91 Å². The molecule has 0 fully saturated rings. The number of aryl methyl sites for hydroxylation is 1. The molecule has 0 radical (unpaired) electrons. The number of aromatic nitrogens is 1. The van der Waals surface area contributed by atoms with Gasteiger partial charge in [-0.05, 0) is 24.6 Å². The molecule has 0 saturated carbocycles. The molecule has 1 aromatic heterocycles. The largest absolute Gasteiger partial charge is 0.409 e. The van der Waals surface area contributed by atoms with E-state index < -0.39 is 0 Å². The number of rotatable bonds is 3. The monoisotopic (exact) mass is 304 g/mol. The number of nitrogens with one attached hydrogen (secondary N) is 1. The summed E-state index contributed by atoms with van der Waals surface area (Å²) in [6.45, 7) is 1.83. The van der Waals surface area contributed by atoms with Crippen molar-refractivity contribution < 1.29 is 10.0 Å². The maximum absolute atomic E-state index is 12.2. The van der Waals surface area contributed by atoms with Crippen molar-refractivity contribution in [3.8, 4) is 0 Å². The second-order valence-electron chi connectivity index (χ2n) is 4.32. The number of benzene rings is 1. The number of nitrogens with two attached hydrogens (primary N) is 1. The van der Waals surface area contributed by atoms with Gasteiger partial charge < -0.3 is 16.3 Å². The summed E-state index contributed by atoms with van der Waals surface area (Å²) < 4.78 is 0. The first-order valence-electron chi connectivity index (χ1n) is 6.02. The maximum atomic E-state index is 12.2. The Hall–Kier alpha value is -2.60. The van der Waals surface area contributed by atoms with Crippen LogP contribution in [0.15, 0.2) is 41.8 Å². The van der Waals surface area contributed by atoms with E-state index in [2.05, 4.69) is 15.5 Å². The van der Waals surface area contributed by atoms with Crippen LogP contribution in [0.25, 0.3) is 0 Å². The summed E-state index contributed by atoms with van der Waals surface area (Å²) in [7, 11) is 0. The van der Waals surface area contributed by atoms with Gasteiger partial charge in [-0.3, -0.25) is 9.78 Å². The zero-order valence-corrected chi connectivity index (χ0v) is 11.9. The second kappa shape index (κ2) is 6.23. The van der Waals surface area contributed by atoms with Gasteiger partial charge in [0, 0.05) is 23.6 Å². The van der Waals surface area contributed by atoms with Gasteiger partial charge >= 0.3 is 0 Å². The van der Waals surface area contributed by atoms with E-state index in [1.54, 1.807) is 18.2 Å². The predicted molar refractivity (Wildman–Crippen MR) is 80.9 cm³/mol. The summed E-state index contributed by atoms with van der Waals surface area (Å²) in [5.41, 5.74) is 7.75. The average molecular weight is 305 g/mol. The number of oxime groups is 1. The minimum Gasteiger partial charge on any atom is -0.409 e.